The topological polar surface area (TPSA) is 15.2 Å². The summed E-state index contributed by atoms with van der Waals surface area (Å²) in [4.78, 5) is 13.0. The summed E-state index contributed by atoms with van der Waals surface area (Å²) in [6.45, 7) is 25.9. The monoisotopic (exact) mass is 954 g/mol. The number of fused-ring (bicyclic) bond motifs is 11. The van der Waals surface area contributed by atoms with Crippen LogP contribution in [0.3, 0.4) is 0 Å². The van der Waals surface area contributed by atoms with Crippen LogP contribution in [0.1, 0.15) is 90.2 Å². The third-order valence-corrected chi connectivity index (χ3v) is 19.3. The molecule has 2 aliphatic heterocycles. The van der Waals surface area contributed by atoms with Crippen molar-refractivity contribution < 1.29 is 0 Å². The Morgan fingerprint density at radius 2 is 0.851 bits per heavy atom. The van der Waals surface area contributed by atoms with E-state index in [2.05, 4.69) is 217 Å². The second kappa shape index (κ2) is 16.2. The average Bonchev–Trinajstić information content (AvgIpc) is 3.96. The maximum absolute atomic E-state index is 7.94. The van der Waals surface area contributed by atoms with E-state index >= 15 is 0 Å². The minimum atomic E-state index is -0.156. The highest BCUT2D eigenvalue weighted by Crippen LogP contribution is 2.64. The van der Waals surface area contributed by atoms with Crippen molar-refractivity contribution in [2.24, 2.45) is 0 Å². The molecule has 4 unspecified atom stereocenters. The molecule has 0 radical (unpaired) electrons. The standard InChI is InChI=1S/C70H58N4/c1-67-34-14-16-36-69(67,3)73(51-25-18-23-49(41-51)71-5)63-32-30-47(39-61(63)67)65-54-28-12-13-29-55(54)66(60-44-58-56(45-20-8-7-9-21-45)38-46-22-10-11-27-53(46)57(58)43-59(60)65)48-31-33-64-62(40-48)68(2)35-15-17-37-70(68,4)74(64)52-26-19-24-50(42-52)72-6/h7-13,18-33,38-44H,14-17,34-37H2,1-4H3. The normalized spacial score (nSPS) is 22.8. The number of nitrogens with zero attached hydrogens (tertiary/aromatic N) is 4. The first-order valence-corrected chi connectivity index (χ1v) is 26.8. The molecule has 10 aromatic rings. The minimum Gasteiger partial charge on any atom is -0.336 e. The van der Waals surface area contributed by atoms with Crippen LogP contribution in [-0.2, 0) is 10.8 Å². The van der Waals surface area contributed by atoms with E-state index < -0.39 is 0 Å². The highest BCUT2D eigenvalue weighted by Gasteiger charge is 2.59. The molecule has 0 spiro atoms. The van der Waals surface area contributed by atoms with E-state index in [1.165, 1.54) is 125 Å². The maximum atomic E-state index is 7.94. The van der Waals surface area contributed by atoms with Gasteiger partial charge in [-0.2, -0.15) is 0 Å². The first-order chi connectivity index (χ1) is 36.1. The van der Waals surface area contributed by atoms with Gasteiger partial charge in [0.25, 0.3) is 0 Å². The van der Waals surface area contributed by atoms with Crippen molar-refractivity contribution in [3.63, 3.8) is 0 Å². The van der Waals surface area contributed by atoms with E-state index in [1.807, 2.05) is 12.1 Å². The SMILES string of the molecule is [C-]#[N+]c1cccc(N2c3ccc(-c4c5ccccc5c(-c5ccc6c(c5)C5(C)CCCCC5(C)N6c5cccc([N+]#[C-])c5)c5cc6c(cc45)c(-c4ccccc4)cc4ccccc46)cc3C3(C)CCCCC23C)c1. The zero-order valence-electron chi connectivity index (χ0n) is 42.8. The first-order valence-electron chi connectivity index (χ1n) is 26.8. The summed E-state index contributed by atoms with van der Waals surface area (Å²) in [5, 5.41) is 10.0. The van der Waals surface area contributed by atoms with Gasteiger partial charge in [0.15, 0.2) is 11.4 Å². The molecule has 2 heterocycles. The molecule has 0 saturated heterocycles. The molecular weight excluding hydrogens is 897 g/mol. The van der Waals surface area contributed by atoms with Gasteiger partial charge in [-0.05, 0) is 194 Å². The molecule has 4 atom stereocenters. The molecule has 0 N–H and O–H groups in total. The number of rotatable bonds is 5. The lowest BCUT2D eigenvalue weighted by atomic mass is 9.61. The zero-order chi connectivity index (χ0) is 50.1. The van der Waals surface area contributed by atoms with Gasteiger partial charge in [0.05, 0.1) is 24.2 Å². The maximum Gasteiger partial charge on any atom is 0.189 e. The summed E-state index contributed by atoms with van der Waals surface area (Å²) in [5.41, 5.74) is 15.8. The van der Waals surface area contributed by atoms with Crippen molar-refractivity contribution in [2.45, 2.75) is 101 Å². The van der Waals surface area contributed by atoms with E-state index in [4.69, 9.17) is 13.1 Å². The second-order valence-electron chi connectivity index (χ2n) is 22.8. The molecule has 4 nitrogen and oxygen atoms in total. The molecule has 4 aliphatic rings. The summed E-state index contributed by atoms with van der Waals surface area (Å²) >= 11 is 0. The van der Waals surface area contributed by atoms with Crippen LogP contribution in [0.15, 0.2) is 182 Å². The highest BCUT2D eigenvalue weighted by molar-refractivity contribution is 6.27. The van der Waals surface area contributed by atoms with Gasteiger partial charge in [-0.1, -0.05) is 155 Å². The van der Waals surface area contributed by atoms with Crippen molar-refractivity contribution in [3.8, 4) is 33.4 Å². The Bertz CT molecular complexity index is 4100. The Balaban J connectivity index is 1.08. The van der Waals surface area contributed by atoms with Gasteiger partial charge in [-0.25, -0.2) is 9.69 Å². The van der Waals surface area contributed by atoms with Crippen molar-refractivity contribution in [2.75, 3.05) is 9.80 Å². The van der Waals surface area contributed by atoms with Gasteiger partial charge in [-0.15, -0.1) is 0 Å². The quantitative estimate of drug-likeness (QED) is 0.0970. The van der Waals surface area contributed by atoms with Gasteiger partial charge in [0.2, 0.25) is 0 Å². The van der Waals surface area contributed by atoms with Crippen LogP contribution < -0.4 is 9.80 Å². The lowest BCUT2D eigenvalue weighted by molar-refractivity contribution is 0.195. The molecule has 74 heavy (non-hydrogen) atoms. The Kier molecular flexibility index (Phi) is 9.72. The summed E-state index contributed by atoms with van der Waals surface area (Å²) in [5.74, 6) is 0. The van der Waals surface area contributed by atoms with Crippen LogP contribution in [0.4, 0.5) is 34.1 Å². The predicted molar refractivity (Wildman–Crippen MR) is 311 cm³/mol. The van der Waals surface area contributed by atoms with Crippen LogP contribution in [0.25, 0.3) is 86.2 Å². The van der Waals surface area contributed by atoms with Gasteiger partial charge in [-0.3, -0.25) is 0 Å². The lowest BCUT2D eigenvalue weighted by Gasteiger charge is -2.50. The fourth-order valence-electron chi connectivity index (χ4n) is 15.2. The molecule has 2 saturated carbocycles. The number of anilines is 4. The molecule has 2 aliphatic carbocycles. The lowest BCUT2D eigenvalue weighted by Crippen LogP contribution is -2.54. The highest BCUT2D eigenvalue weighted by atomic mass is 15.3. The number of hydrogen-bond donors (Lipinski definition) is 0. The number of hydrogen-bond acceptors (Lipinski definition) is 2. The van der Waals surface area contributed by atoms with E-state index in [9.17, 15) is 0 Å². The Labute approximate surface area is 435 Å². The Morgan fingerprint density at radius 1 is 0.378 bits per heavy atom. The van der Waals surface area contributed by atoms with E-state index in [0.717, 1.165) is 37.1 Å². The molecule has 4 heteroatoms. The molecule has 358 valence electrons. The Morgan fingerprint density at radius 3 is 1.38 bits per heavy atom. The third-order valence-electron chi connectivity index (χ3n) is 19.3. The molecule has 14 rings (SSSR count). The van der Waals surface area contributed by atoms with E-state index in [-0.39, 0.29) is 21.9 Å². The van der Waals surface area contributed by atoms with Crippen molar-refractivity contribution in [1.82, 2.24) is 0 Å². The zero-order valence-corrected chi connectivity index (χ0v) is 42.8. The molecular formula is C70H58N4. The van der Waals surface area contributed by atoms with E-state index in [0.29, 0.717) is 11.4 Å². The van der Waals surface area contributed by atoms with Crippen LogP contribution in [-0.4, -0.2) is 11.1 Å². The van der Waals surface area contributed by atoms with Crippen molar-refractivity contribution >= 4 is 77.2 Å². The number of benzene rings is 10. The van der Waals surface area contributed by atoms with E-state index in [1.54, 1.807) is 0 Å². The summed E-state index contributed by atoms with van der Waals surface area (Å²) in [6.07, 6.45) is 9.14. The molecule has 2 fully saturated rings. The van der Waals surface area contributed by atoms with Crippen molar-refractivity contribution in [1.29, 1.82) is 0 Å². The van der Waals surface area contributed by atoms with Gasteiger partial charge in [0.1, 0.15) is 0 Å². The summed E-state index contributed by atoms with van der Waals surface area (Å²) < 4.78 is 0. The van der Waals surface area contributed by atoms with Gasteiger partial charge in [0, 0.05) is 33.6 Å². The van der Waals surface area contributed by atoms with Crippen LogP contribution in [0, 0.1) is 13.1 Å². The van der Waals surface area contributed by atoms with Crippen LogP contribution in [0.2, 0.25) is 0 Å². The Hall–Kier alpha value is -8.18. The van der Waals surface area contributed by atoms with Crippen LogP contribution in [0.5, 0.6) is 0 Å². The average molecular weight is 955 g/mol. The largest absolute Gasteiger partial charge is 0.336 e. The van der Waals surface area contributed by atoms with Gasteiger partial charge < -0.3 is 9.80 Å². The fourth-order valence-corrected chi connectivity index (χ4v) is 15.2. The molecule has 10 aromatic carbocycles. The summed E-state index contributed by atoms with van der Waals surface area (Å²) in [7, 11) is 0. The fraction of sp³-hybridized carbons (Fsp3) is 0.229. The van der Waals surface area contributed by atoms with Crippen molar-refractivity contribution in [3.05, 3.63) is 216 Å². The third kappa shape index (κ3) is 6.06. The minimum absolute atomic E-state index is 0.108. The molecule has 0 aromatic heterocycles. The predicted octanol–water partition coefficient (Wildman–Crippen LogP) is 19.9. The molecule has 0 bridgehead atoms. The second-order valence-corrected chi connectivity index (χ2v) is 22.8. The first kappa shape index (κ1) is 44.5. The summed E-state index contributed by atoms with van der Waals surface area (Å²) in [6, 6.07) is 67.9. The molecule has 0 amide bonds. The van der Waals surface area contributed by atoms with Gasteiger partial charge >= 0.3 is 0 Å². The smallest absolute Gasteiger partial charge is 0.189 e. The van der Waals surface area contributed by atoms with Crippen LogP contribution >= 0.6 is 0 Å².